The highest BCUT2D eigenvalue weighted by molar-refractivity contribution is 7.89. The molecule has 132 valence electrons. The summed E-state index contributed by atoms with van der Waals surface area (Å²) in [5.41, 5.74) is 0.320. The van der Waals surface area contributed by atoms with Crippen molar-refractivity contribution in [1.82, 2.24) is 9.21 Å². The van der Waals surface area contributed by atoms with Gasteiger partial charge >= 0.3 is 0 Å². The Morgan fingerprint density at radius 2 is 1.92 bits per heavy atom. The SMILES string of the molecule is Cc1cc(S(=O)(=O)N2CCCC2CN2CCCC2)ccc1[N+](=O)[O-]. The van der Waals surface area contributed by atoms with E-state index in [2.05, 4.69) is 4.90 Å². The molecule has 0 bridgehead atoms. The number of benzene rings is 1. The van der Waals surface area contributed by atoms with Crippen molar-refractivity contribution in [1.29, 1.82) is 0 Å². The summed E-state index contributed by atoms with van der Waals surface area (Å²) in [7, 11) is -3.61. The van der Waals surface area contributed by atoms with Gasteiger partial charge in [0.2, 0.25) is 10.0 Å². The first-order valence-electron chi connectivity index (χ1n) is 8.39. The van der Waals surface area contributed by atoms with Gasteiger partial charge in [-0.05, 0) is 57.8 Å². The predicted octanol–water partition coefficient (Wildman–Crippen LogP) is 2.15. The molecule has 2 heterocycles. The summed E-state index contributed by atoms with van der Waals surface area (Å²) in [6, 6.07) is 4.06. The fraction of sp³-hybridized carbons (Fsp3) is 0.625. The van der Waals surface area contributed by atoms with Crippen molar-refractivity contribution >= 4 is 15.7 Å². The van der Waals surface area contributed by atoms with Crippen LogP contribution in [-0.4, -0.2) is 54.8 Å². The minimum atomic E-state index is -3.61. The van der Waals surface area contributed by atoms with Gasteiger partial charge in [-0.15, -0.1) is 0 Å². The van der Waals surface area contributed by atoms with Crippen molar-refractivity contribution in [2.45, 2.75) is 43.5 Å². The Balaban J connectivity index is 1.83. The first kappa shape index (κ1) is 17.3. The number of nitro benzene ring substituents is 1. The molecular formula is C16H23N3O4S. The van der Waals surface area contributed by atoms with Crippen molar-refractivity contribution in [2.75, 3.05) is 26.2 Å². The van der Waals surface area contributed by atoms with Crippen LogP contribution in [0.5, 0.6) is 0 Å². The molecule has 1 atom stereocenters. The summed E-state index contributed by atoms with van der Waals surface area (Å²) in [4.78, 5) is 12.9. The zero-order valence-corrected chi connectivity index (χ0v) is 14.7. The number of aryl methyl sites for hydroxylation is 1. The maximum atomic E-state index is 13.0. The summed E-state index contributed by atoms with van der Waals surface area (Å²) in [5.74, 6) is 0. The van der Waals surface area contributed by atoms with E-state index in [0.29, 0.717) is 12.1 Å². The molecule has 0 radical (unpaired) electrons. The van der Waals surface area contributed by atoms with Crippen molar-refractivity contribution in [3.8, 4) is 0 Å². The van der Waals surface area contributed by atoms with Crippen LogP contribution >= 0.6 is 0 Å². The van der Waals surface area contributed by atoms with Gasteiger partial charge in [0.25, 0.3) is 5.69 Å². The third-order valence-electron chi connectivity index (χ3n) is 4.96. The highest BCUT2D eigenvalue weighted by Crippen LogP contribution is 2.29. The fourth-order valence-electron chi connectivity index (χ4n) is 3.70. The fourth-order valence-corrected chi connectivity index (χ4v) is 5.47. The molecule has 1 aromatic rings. The average Bonchev–Trinajstić information content (AvgIpc) is 3.19. The molecule has 3 rings (SSSR count). The van der Waals surface area contributed by atoms with E-state index in [1.54, 1.807) is 11.2 Å². The van der Waals surface area contributed by atoms with Crippen LogP contribution in [0, 0.1) is 17.0 Å². The Morgan fingerprint density at radius 3 is 2.54 bits per heavy atom. The topological polar surface area (TPSA) is 83.8 Å². The molecule has 2 aliphatic rings. The van der Waals surface area contributed by atoms with Gasteiger partial charge in [-0.2, -0.15) is 4.31 Å². The molecule has 8 heteroatoms. The summed E-state index contributed by atoms with van der Waals surface area (Å²) in [6.07, 6.45) is 4.10. The monoisotopic (exact) mass is 353 g/mol. The van der Waals surface area contributed by atoms with Gasteiger partial charge in [0, 0.05) is 30.8 Å². The van der Waals surface area contributed by atoms with Gasteiger partial charge < -0.3 is 4.90 Å². The number of nitro groups is 1. The van der Waals surface area contributed by atoms with Gasteiger partial charge in [0.05, 0.1) is 9.82 Å². The second kappa shape index (κ2) is 6.78. The van der Waals surface area contributed by atoms with Crippen LogP contribution in [0.15, 0.2) is 23.1 Å². The minimum absolute atomic E-state index is 0.00333. The van der Waals surface area contributed by atoms with E-state index < -0.39 is 14.9 Å². The van der Waals surface area contributed by atoms with Crippen molar-refractivity contribution in [3.63, 3.8) is 0 Å². The minimum Gasteiger partial charge on any atom is -0.302 e. The second-order valence-corrected chi connectivity index (χ2v) is 8.52. The molecule has 2 aliphatic heterocycles. The van der Waals surface area contributed by atoms with Gasteiger partial charge in [-0.1, -0.05) is 0 Å². The van der Waals surface area contributed by atoms with Crippen molar-refractivity contribution in [2.24, 2.45) is 0 Å². The maximum absolute atomic E-state index is 13.0. The molecule has 0 spiro atoms. The summed E-state index contributed by atoms with van der Waals surface area (Å²) in [5, 5.41) is 10.9. The quantitative estimate of drug-likeness (QED) is 0.598. The molecule has 2 fully saturated rings. The van der Waals surface area contributed by atoms with Crippen LogP contribution in [-0.2, 0) is 10.0 Å². The van der Waals surface area contributed by atoms with Gasteiger partial charge in [-0.3, -0.25) is 10.1 Å². The maximum Gasteiger partial charge on any atom is 0.272 e. The molecule has 1 unspecified atom stereocenters. The van der Waals surface area contributed by atoms with Crippen LogP contribution in [0.4, 0.5) is 5.69 Å². The van der Waals surface area contributed by atoms with Crippen LogP contribution in [0.1, 0.15) is 31.2 Å². The average molecular weight is 353 g/mol. The smallest absolute Gasteiger partial charge is 0.272 e. The van der Waals surface area contributed by atoms with Crippen LogP contribution in [0.3, 0.4) is 0 Å². The summed E-state index contributed by atoms with van der Waals surface area (Å²) < 4.78 is 27.6. The lowest BCUT2D eigenvalue weighted by Crippen LogP contribution is -2.42. The Hall–Kier alpha value is -1.51. The van der Waals surface area contributed by atoms with Gasteiger partial charge in [0.15, 0.2) is 0 Å². The standard InChI is InChI=1S/C16H23N3O4S/c1-13-11-15(6-7-16(13)19(20)21)24(22,23)18-10-4-5-14(18)12-17-8-2-3-9-17/h6-7,11,14H,2-5,8-10,12H2,1H3. The molecule has 24 heavy (non-hydrogen) atoms. The zero-order valence-electron chi connectivity index (χ0n) is 13.8. The summed E-state index contributed by atoms with van der Waals surface area (Å²) >= 11 is 0. The van der Waals surface area contributed by atoms with E-state index >= 15 is 0 Å². The van der Waals surface area contributed by atoms with Gasteiger partial charge in [-0.25, -0.2) is 8.42 Å². The molecule has 1 aromatic carbocycles. The predicted molar refractivity (Wildman–Crippen MR) is 90.4 cm³/mol. The number of rotatable bonds is 5. The lowest BCUT2D eigenvalue weighted by Gasteiger charge is -2.28. The Bertz CT molecular complexity index is 729. The number of hydrogen-bond acceptors (Lipinski definition) is 5. The van der Waals surface area contributed by atoms with Crippen molar-refractivity contribution < 1.29 is 13.3 Å². The molecule has 0 aliphatic carbocycles. The Kier molecular flexibility index (Phi) is 4.89. The van der Waals surface area contributed by atoms with E-state index in [0.717, 1.165) is 32.5 Å². The highest BCUT2D eigenvalue weighted by Gasteiger charge is 2.36. The number of hydrogen-bond donors (Lipinski definition) is 0. The van der Waals surface area contributed by atoms with E-state index in [1.165, 1.54) is 31.0 Å². The number of sulfonamides is 1. The molecule has 0 saturated carbocycles. The largest absolute Gasteiger partial charge is 0.302 e. The normalized spacial score (nSPS) is 23.0. The third kappa shape index (κ3) is 3.31. The molecule has 0 N–H and O–H groups in total. The van der Waals surface area contributed by atoms with E-state index in [1.807, 2.05) is 0 Å². The first-order chi connectivity index (χ1) is 11.4. The third-order valence-corrected chi connectivity index (χ3v) is 6.91. The zero-order chi connectivity index (χ0) is 17.3. The van der Waals surface area contributed by atoms with Crippen LogP contribution in [0.2, 0.25) is 0 Å². The Morgan fingerprint density at radius 1 is 1.21 bits per heavy atom. The van der Waals surface area contributed by atoms with Crippen LogP contribution in [0.25, 0.3) is 0 Å². The van der Waals surface area contributed by atoms with Crippen LogP contribution < -0.4 is 0 Å². The molecule has 0 aromatic heterocycles. The van der Waals surface area contributed by atoms with E-state index in [4.69, 9.17) is 0 Å². The van der Waals surface area contributed by atoms with E-state index in [9.17, 15) is 18.5 Å². The Labute approximate surface area is 142 Å². The lowest BCUT2D eigenvalue weighted by atomic mass is 10.2. The second-order valence-electron chi connectivity index (χ2n) is 6.62. The number of nitrogens with zero attached hydrogens (tertiary/aromatic N) is 3. The van der Waals surface area contributed by atoms with Gasteiger partial charge in [0.1, 0.15) is 0 Å². The molecule has 2 saturated heterocycles. The number of likely N-dealkylation sites (tertiary alicyclic amines) is 1. The van der Waals surface area contributed by atoms with Crippen molar-refractivity contribution in [3.05, 3.63) is 33.9 Å². The lowest BCUT2D eigenvalue weighted by molar-refractivity contribution is -0.385. The first-order valence-corrected chi connectivity index (χ1v) is 9.83. The highest BCUT2D eigenvalue weighted by atomic mass is 32.2. The molecule has 7 nitrogen and oxygen atoms in total. The summed E-state index contributed by atoms with van der Waals surface area (Å²) in [6.45, 7) is 4.97. The molecular weight excluding hydrogens is 330 g/mol. The van der Waals surface area contributed by atoms with E-state index in [-0.39, 0.29) is 16.6 Å². The molecule has 0 amide bonds.